The number of pyridine rings is 1. The predicted molar refractivity (Wildman–Crippen MR) is 105 cm³/mol. The predicted octanol–water partition coefficient (Wildman–Crippen LogP) is 1.19. The minimum absolute atomic E-state index is 0.0388. The summed E-state index contributed by atoms with van der Waals surface area (Å²) in [6, 6.07) is 6.04. The zero-order valence-corrected chi connectivity index (χ0v) is 16.1. The number of rotatable bonds is 5. The molecule has 8 nitrogen and oxygen atoms in total. The molecule has 3 heterocycles. The van der Waals surface area contributed by atoms with Gasteiger partial charge in [0, 0.05) is 57.2 Å². The Hall–Kier alpha value is -2.90. The summed E-state index contributed by atoms with van der Waals surface area (Å²) in [5.74, 6) is 1.76. The van der Waals surface area contributed by atoms with Crippen LogP contribution in [0.5, 0.6) is 0 Å². The molecule has 1 fully saturated rings. The van der Waals surface area contributed by atoms with Crippen molar-refractivity contribution in [1.29, 1.82) is 0 Å². The molecule has 1 amide bonds. The molecule has 0 spiro atoms. The van der Waals surface area contributed by atoms with Crippen molar-refractivity contribution in [3.05, 3.63) is 42.4 Å². The fourth-order valence-corrected chi connectivity index (χ4v) is 3.12. The lowest BCUT2D eigenvalue weighted by Gasteiger charge is -2.20. The Balaban J connectivity index is 1.53. The molecule has 0 aromatic carbocycles. The van der Waals surface area contributed by atoms with E-state index in [1.165, 1.54) is 0 Å². The van der Waals surface area contributed by atoms with Gasteiger partial charge in [0.25, 0.3) is 0 Å². The van der Waals surface area contributed by atoms with Gasteiger partial charge in [-0.25, -0.2) is 9.67 Å². The molecule has 2 aromatic rings. The summed E-state index contributed by atoms with van der Waals surface area (Å²) in [4.78, 5) is 22.7. The smallest absolute Gasteiger partial charge is 0.225 e. The van der Waals surface area contributed by atoms with Gasteiger partial charge in [-0.1, -0.05) is 13.8 Å². The number of aromatic nitrogens is 3. The number of likely N-dealkylation sites (tertiary alicyclic amines) is 1. The number of nitrogens with one attached hydrogen (secondary N) is 2. The molecule has 0 aliphatic carbocycles. The molecule has 0 bridgehead atoms. The Bertz CT molecular complexity index is 785. The molecular weight excluding hydrogens is 342 g/mol. The van der Waals surface area contributed by atoms with E-state index in [0.717, 1.165) is 36.9 Å². The maximum Gasteiger partial charge on any atom is 0.225 e. The molecule has 8 heteroatoms. The second kappa shape index (κ2) is 8.66. The number of hydrogen-bond donors (Lipinski definition) is 2. The maximum absolute atomic E-state index is 12.1. The molecule has 144 valence electrons. The average Bonchev–Trinajstić information content (AvgIpc) is 3.36. The largest absolute Gasteiger partial charge is 0.352 e. The van der Waals surface area contributed by atoms with Gasteiger partial charge in [-0.15, -0.1) is 0 Å². The lowest BCUT2D eigenvalue weighted by atomic mass is 10.2. The fourth-order valence-electron chi connectivity index (χ4n) is 3.12. The Morgan fingerprint density at radius 3 is 2.96 bits per heavy atom. The van der Waals surface area contributed by atoms with E-state index in [1.54, 1.807) is 24.1 Å². The van der Waals surface area contributed by atoms with Crippen LogP contribution in [0.4, 0.5) is 0 Å². The highest BCUT2D eigenvalue weighted by Gasteiger charge is 2.27. The van der Waals surface area contributed by atoms with Crippen molar-refractivity contribution in [2.75, 3.05) is 20.1 Å². The summed E-state index contributed by atoms with van der Waals surface area (Å²) in [6.07, 6.45) is 6.30. The molecule has 2 aromatic heterocycles. The van der Waals surface area contributed by atoms with Crippen LogP contribution < -0.4 is 10.6 Å². The van der Waals surface area contributed by atoms with Crippen molar-refractivity contribution in [1.82, 2.24) is 30.3 Å². The van der Waals surface area contributed by atoms with E-state index in [2.05, 4.69) is 25.7 Å². The Labute approximate surface area is 159 Å². The first-order valence-electron chi connectivity index (χ1n) is 9.27. The van der Waals surface area contributed by atoms with E-state index >= 15 is 0 Å². The molecular formula is C19H27N7O. The molecule has 1 aliphatic rings. The SMILES string of the molecule is CN=C(NCc1ccnc(-n2cccn2)c1)NC1CCN(C(=O)C(C)C)C1. The van der Waals surface area contributed by atoms with Crippen LogP contribution in [-0.4, -0.2) is 57.7 Å². The summed E-state index contributed by atoms with van der Waals surface area (Å²) < 4.78 is 1.73. The van der Waals surface area contributed by atoms with Crippen LogP contribution in [0.2, 0.25) is 0 Å². The van der Waals surface area contributed by atoms with Gasteiger partial charge in [0.2, 0.25) is 5.91 Å². The molecule has 1 atom stereocenters. The van der Waals surface area contributed by atoms with Crippen LogP contribution in [0, 0.1) is 5.92 Å². The van der Waals surface area contributed by atoms with Crippen molar-refractivity contribution in [3.8, 4) is 5.82 Å². The topological polar surface area (TPSA) is 87.4 Å². The van der Waals surface area contributed by atoms with Gasteiger partial charge >= 0.3 is 0 Å². The minimum Gasteiger partial charge on any atom is -0.352 e. The van der Waals surface area contributed by atoms with Gasteiger partial charge in [0.15, 0.2) is 11.8 Å². The number of carbonyl (C=O) groups excluding carboxylic acids is 1. The molecule has 0 saturated carbocycles. The zero-order chi connectivity index (χ0) is 19.2. The Morgan fingerprint density at radius 2 is 2.26 bits per heavy atom. The van der Waals surface area contributed by atoms with Crippen LogP contribution in [0.3, 0.4) is 0 Å². The monoisotopic (exact) mass is 369 g/mol. The first-order chi connectivity index (χ1) is 13.1. The normalized spacial score (nSPS) is 17.4. The number of guanidine groups is 1. The fraction of sp³-hybridized carbons (Fsp3) is 0.474. The third-order valence-corrected chi connectivity index (χ3v) is 4.57. The molecule has 1 unspecified atom stereocenters. The number of nitrogens with zero attached hydrogens (tertiary/aromatic N) is 5. The number of aliphatic imine (C=N–C) groups is 1. The van der Waals surface area contributed by atoms with Crippen LogP contribution in [0.15, 0.2) is 41.8 Å². The second-order valence-electron chi connectivity index (χ2n) is 6.97. The standard InChI is InChI=1S/C19H27N7O/c1-14(2)18(27)25-10-6-16(13-25)24-19(20-3)22-12-15-5-8-21-17(11-15)26-9-4-7-23-26/h4-5,7-9,11,14,16H,6,10,12-13H2,1-3H3,(H2,20,22,24). The van der Waals surface area contributed by atoms with Crippen LogP contribution in [-0.2, 0) is 11.3 Å². The van der Waals surface area contributed by atoms with E-state index in [4.69, 9.17) is 0 Å². The van der Waals surface area contributed by atoms with E-state index in [1.807, 2.05) is 43.1 Å². The average molecular weight is 369 g/mol. The first-order valence-corrected chi connectivity index (χ1v) is 9.27. The number of amides is 1. The minimum atomic E-state index is 0.0388. The lowest BCUT2D eigenvalue weighted by molar-refractivity contribution is -0.133. The van der Waals surface area contributed by atoms with Crippen LogP contribution in [0.1, 0.15) is 25.8 Å². The van der Waals surface area contributed by atoms with Gasteiger partial charge in [0.1, 0.15) is 0 Å². The summed E-state index contributed by atoms with van der Waals surface area (Å²) in [5, 5.41) is 11.0. The highest BCUT2D eigenvalue weighted by atomic mass is 16.2. The highest BCUT2D eigenvalue weighted by Crippen LogP contribution is 2.13. The summed E-state index contributed by atoms with van der Waals surface area (Å²) in [7, 11) is 1.75. The Morgan fingerprint density at radius 1 is 1.41 bits per heavy atom. The summed E-state index contributed by atoms with van der Waals surface area (Å²) in [5.41, 5.74) is 1.08. The molecule has 0 radical (unpaired) electrons. The van der Waals surface area contributed by atoms with Gasteiger partial charge in [-0.3, -0.25) is 9.79 Å². The zero-order valence-electron chi connectivity index (χ0n) is 16.1. The van der Waals surface area contributed by atoms with E-state index < -0.39 is 0 Å². The molecule has 27 heavy (non-hydrogen) atoms. The molecule has 2 N–H and O–H groups in total. The Kier molecular flexibility index (Phi) is 6.05. The maximum atomic E-state index is 12.1. The third-order valence-electron chi connectivity index (χ3n) is 4.57. The van der Waals surface area contributed by atoms with Crippen molar-refractivity contribution < 1.29 is 4.79 Å². The van der Waals surface area contributed by atoms with Gasteiger partial charge in [-0.05, 0) is 30.2 Å². The van der Waals surface area contributed by atoms with Crippen LogP contribution in [0.25, 0.3) is 5.82 Å². The van der Waals surface area contributed by atoms with Crippen molar-refractivity contribution in [2.24, 2.45) is 10.9 Å². The molecule has 1 saturated heterocycles. The first kappa shape index (κ1) is 18.9. The van der Waals surface area contributed by atoms with Gasteiger partial charge < -0.3 is 15.5 Å². The number of carbonyl (C=O) groups is 1. The summed E-state index contributed by atoms with van der Waals surface area (Å²) >= 11 is 0. The van der Waals surface area contributed by atoms with Crippen molar-refractivity contribution in [3.63, 3.8) is 0 Å². The quantitative estimate of drug-likeness (QED) is 0.611. The second-order valence-corrected chi connectivity index (χ2v) is 6.97. The molecule has 3 rings (SSSR count). The van der Waals surface area contributed by atoms with Crippen molar-refractivity contribution >= 4 is 11.9 Å². The van der Waals surface area contributed by atoms with Gasteiger partial charge in [0.05, 0.1) is 0 Å². The number of hydrogen-bond acceptors (Lipinski definition) is 4. The van der Waals surface area contributed by atoms with E-state index in [-0.39, 0.29) is 17.9 Å². The van der Waals surface area contributed by atoms with E-state index in [9.17, 15) is 4.79 Å². The third kappa shape index (κ3) is 4.84. The lowest BCUT2D eigenvalue weighted by Crippen LogP contribution is -2.45. The molecule has 1 aliphatic heterocycles. The van der Waals surface area contributed by atoms with Crippen molar-refractivity contribution in [2.45, 2.75) is 32.9 Å². The van der Waals surface area contributed by atoms with E-state index in [0.29, 0.717) is 6.54 Å². The van der Waals surface area contributed by atoms with Gasteiger partial charge in [-0.2, -0.15) is 5.10 Å². The summed E-state index contributed by atoms with van der Waals surface area (Å²) in [6.45, 7) is 6.02. The highest BCUT2D eigenvalue weighted by molar-refractivity contribution is 5.81. The van der Waals surface area contributed by atoms with Crippen LogP contribution >= 0.6 is 0 Å².